The van der Waals surface area contributed by atoms with Crippen molar-refractivity contribution in [1.29, 1.82) is 0 Å². The van der Waals surface area contributed by atoms with E-state index in [9.17, 15) is 0 Å². The molecule has 1 aromatic heterocycles. The molecule has 0 aliphatic carbocycles. The molecule has 0 N–H and O–H groups in total. The maximum absolute atomic E-state index is 5.24. The highest BCUT2D eigenvalue weighted by molar-refractivity contribution is 7.04. The van der Waals surface area contributed by atoms with Crippen molar-refractivity contribution in [2.24, 2.45) is 0 Å². The van der Waals surface area contributed by atoms with Gasteiger partial charge in [0.15, 0.2) is 17.5 Å². The molecule has 232 valence electrons. The van der Waals surface area contributed by atoms with E-state index in [-0.39, 0.29) is 0 Å². The van der Waals surface area contributed by atoms with Crippen molar-refractivity contribution < 1.29 is 0 Å². The minimum Gasteiger partial charge on any atom is -0.208 e. The first kappa shape index (κ1) is 29.2. The Morgan fingerprint density at radius 2 is 0.816 bits per heavy atom. The number of benzene rings is 7. The van der Waals surface area contributed by atoms with Gasteiger partial charge in [-0.25, -0.2) is 15.0 Å². The molecule has 7 aromatic carbocycles. The lowest BCUT2D eigenvalue weighted by Crippen LogP contribution is -2.50. The maximum Gasteiger partial charge on any atom is 0.164 e. The molecule has 0 radical (unpaired) electrons. The molecular formula is C45H33N3Si. The van der Waals surface area contributed by atoms with Gasteiger partial charge in [-0.3, -0.25) is 0 Å². The third kappa shape index (κ3) is 5.09. The van der Waals surface area contributed by atoms with E-state index in [2.05, 4.69) is 171 Å². The van der Waals surface area contributed by atoms with Gasteiger partial charge in [-0.05, 0) is 66.7 Å². The van der Waals surface area contributed by atoms with E-state index in [0.717, 1.165) is 33.5 Å². The highest BCUT2D eigenvalue weighted by Gasteiger charge is 2.39. The molecule has 0 amide bonds. The smallest absolute Gasteiger partial charge is 0.164 e. The van der Waals surface area contributed by atoms with Crippen LogP contribution < -0.4 is 10.4 Å². The number of aromatic nitrogens is 3. The Morgan fingerprint density at radius 3 is 1.53 bits per heavy atom. The first-order valence-corrected chi connectivity index (χ1v) is 19.8. The third-order valence-electron chi connectivity index (χ3n) is 9.91. The predicted octanol–water partition coefficient (Wildman–Crippen LogP) is 10.2. The lowest BCUT2D eigenvalue weighted by Gasteiger charge is -2.22. The molecule has 1 aliphatic rings. The molecule has 0 saturated carbocycles. The van der Waals surface area contributed by atoms with Crippen molar-refractivity contribution in [3.63, 3.8) is 0 Å². The largest absolute Gasteiger partial charge is 0.208 e. The fourth-order valence-electron chi connectivity index (χ4n) is 7.43. The Labute approximate surface area is 287 Å². The van der Waals surface area contributed by atoms with Gasteiger partial charge in [-0.2, -0.15) is 0 Å². The average molecular weight is 644 g/mol. The van der Waals surface area contributed by atoms with Gasteiger partial charge >= 0.3 is 0 Å². The predicted molar refractivity (Wildman–Crippen MR) is 207 cm³/mol. The molecule has 8 aromatic rings. The molecule has 9 rings (SSSR count). The van der Waals surface area contributed by atoms with Crippen LogP contribution in [0.2, 0.25) is 13.1 Å². The average Bonchev–Trinajstić information content (AvgIpc) is 3.41. The van der Waals surface area contributed by atoms with Crippen LogP contribution in [0.1, 0.15) is 0 Å². The Bertz CT molecular complexity index is 2510. The first-order chi connectivity index (χ1) is 24.0. The zero-order valence-electron chi connectivity index (χ0n) is 27.4. The van der Waals surface area contributed by atoms with Gasteiger partial charge in [0.25, 0.3) is 0 Å². The molecule has 3 nitrogen and oxygen atoms in total. The Kier molecular flexibility index (Phi) is 6.92. The molecule has 0 atom stereocenters. The summed E-state index contributed by atoms with van der Waals surface area (Å²) in [4.78, 5) is 15.6. The fourth-order valence-corrected chi connectivity index (χ4v) is 10.9. The molecule has 0 spiro atoms. The molecule has 0 fully saturated rings. The number of rotatable bonds is 5. The van der Waals surface area contributed by atoms with Crippen LogP contribution in [0.4, 0.5) is 0 Å². The van der Waals surface area contributed by atoms with Gasteiger partial charge in [0.05, 0.1) is 0 Å². The summed E-state index contributed by atoms with van der Waals surface area (Å²) >= 11 is 0. The molecule has 1 aliphatic heterocycles. The fraction of sp³-hybridized carbons (Fsp3) is 0.0444. The van der Waals surface area contributed by atoms with Crippen LogP contribution >= 0.6 is 0 Å². The summed E-state index contributed by atoms with van der Waals surface area (Å²) < 4.78 is 0. The molecule has 4 heteroatoms. The first-order valence-electron chi connectivity index (χ1n) is 16.8. The maximum atomic E-state index is 5.24. The van der Waals surface area contributed by atoms with Crippen LogP contribution in [0.25, 0.3) is 78.3 Å². The third-order valence-corrected chi connectivity index (χ3v) is 13.5. The highest BCUT2D eigenvalue weighted by atomic mass is 28.3. The van der Waals surface area contributed by atoms with Gasteiger partial charge in [-0.15, -0.1) is 0 Å². The van der Waals surface area contributed by atoms with Crippen molar-refractivity contribution in [2.45, 2.75) is 13.1 Å². The van der Waals surface area contributed by atoms with E-state index in [1.807, 2.05) is 6.07 Å². The van der Waals surface area contributed by atoms with Crippen molar-refractivity contribution >= 4 is 29.2 Å². The summed E-state index contributed by atoms with van der Waals surface area (Å²) in [5.41, 5.74) is 10.4. The lowest BCUT2D eigenvalue weighted by atomic mass is 9.99. The normalized spacial score (nSPS) is 12.9. The van der Waals surface area contributed by atoms with Crippen LogP contribution in [-0.4, -0.2) is 23.0 Å². The minimum atomic E-state index is -2.02. The summed E-state index contributed by atoms with van der Waals surface area (Å²) in [7, 11) is -2.02. The Hall–Kier alpha value is -5.97. The van der Waals surface area contributed by atoms with Gasteiger partial charge in [0.1, 0.15) is 8.07 Å². The number of hydrogen-bond donors (Lipinski definition) is 0. The zero-order chi connectivity index (χ0) is 33.0. The van der Waals surface area contributed by atoms with E-state index in [0.29, 0.717) is 11.6 Å². The quantitative estimate of drug-likeness (QED) is 0.175. The van der Waals surface area contributed by atoms with E-state index < -0.39 is 8.07 Å². The Morgan fingerprint density at radius 1 is 0.347 bits per heavy atom. The molecular weight excluding hydrogens is 611 g/mol. The second-order valence-corrected chi connectivity index (χ2v) is 17.6. The van der Waals surface area contributed by atoms with Gasteiger partial charge in [0.2, 0.25) is 0 Å². The number of nitrogens with zero attached hydrogens (tertiary/aromatic N) is 3. The number of fused-ring (bicyclic) bond motifs is 4. The van der Waals surface area contributed by atoms with Gasteiger partial charge in [0, 0.05) is 16.7 Å². The van der Waals surface area contributed by atoms with E-state index in [4.69, 9.17) is 15.0 Å². The topological polar surface area (TPSA) is 38.7 Å². The van der Waals surface area contributed by atoms with Gasteiger partial charge in [-0.1, -0.05) is 165 Å². The molecule has 0 bridgehead atoms. The number of hydrogen-bond acceptors (Lipinski definition) is 3. The second kappa shape index (κ2) is 11.6. The van der Waals surface area contributed by atoms with E-state index >= 15 is 0 Å². The monoisotopic (exact) mass is 643 g/mol. The van der Waals surface area contributed by atoms with Crippen molar-refractivity contribution in [3.05, 3.63) is 164 Å². The zero-order valence-corrected chi connectivity index (χ0v) is 28.4. The second-order valence-electron chi connectivity index (χ2n) is 13.3. The summed E-state index contributed by atoms with van der Waals surface area (Å²) in [5.74, 6) is 2.07. The highest BCUT2D eigenvalue weighted by Crippen LogP contribution is 2.34. The van der Waals surface area contributed by atoms with Crippen LogP contribution in [0.5, 0.6) is 0 Å². The molecule has 0 saturated heterocycles. The minimum absolute atomic E-state index is 0.673. The molecule has 2 heterocycles. The van der Waals surface area contributed by atoms with Crippen LogP contribution in [-0.2, 0) is 0 Å². The van der Waals surface area contributed by atoms with E-state index in [1.165, 1.54) is 43.6 Å². The van der Waals surface area contributed by atoms with E-state index in [1.54, 1.807) is 0 Å². The molecule has 49 heavy (non-hydrogen) atoms. The summed E-state index contributed by atoms with van der Waals surface area (Å²) in [5, 5.41) is 5.19. The van der Waals surface area contributed by atoms with Crippen molar-refractivity contribution in [3.8, 4) is 67.5 Å². The van der Waals surface area contributed by atoms with Crippen LogP contribution in [0.3, 0.4) is 0 Å². The van der Waals surface area contributed by atoms with Gasteiger partial charge < -0.3 is 0 Å². The summed E-state index contributed by atoms with van der Waals surface area (Å²) in [6.07, 6.45) is 0. The summed E-state index contributed by atoms with van der Waals surface area (Å²) in [6.45, 7) is 4.89. The summed E-state index contributed by atoms with van der Waals surface area (Å²) in [6, 6.07) is 58.2. The SMILES string of the molecule is C[Si]1(C)c2ccccc2-c2cccc(-c3nc(-c4ccc(-c5ccccc5)cc4)nc(-c4ccc5cc(-c6ccccc6)ccc5c4)n3)c21. The Balaban J connectivity index is 1.20. The van der Waals surface area contributed by atoms with Crippen molar-refractivity contribution in [1.82, 2.24) is 15.0 Å². The van der Waals surface area contributed by atoms with Crippen LogP contribution in [0, 0.1) is 0 Å². The lowest BCUT2D eigenvalue weighted by molar-refractivity contribution is 1.08. The van der Waals surface area contributed by atoms with Crippen LogP contribution in [0.15, 0.2) is 164 Å². The molecule has 0 unspecified atom stereocenters. The standard InChI is InChI=1S/C45H33N3Si/c1-49(2)41-19-10-9-16-38(41)39-17-11-18-40(42(39)49)45-47-43(33-22-20-32(21-23-33)30-12-5-3-6-13-30)46-44(48-45)37-27-26-35-28-34(24-25-36(35)29-37)31-14-7-4-8-15-31/h3-29H,1-2H3. The van der Waals surface area contributed by atoms with Crippen molar-refractivity contribution in [2.75, 3.05) is 0 Å².